The molecule has 0 aliphatic rings. The Morgan fingerprint density at radius 3 is 1.54 bits per heavy atom. The standard InChI is InChI=1S/C22H22N2/c1-13-5-3-7-18-16(11-23)9-15-10-17(12-24)19-8-4-6-14(2)21(19)22(15)20(13)18/h3-10H,11-12,23-24H2,1-2H3. The van der Waals surface area contributed by atoms with E-state index in [1.54, 1.807) is 0 Å². The van der Waals surface area contributed by atoms with E-state index in [4.69, 9.17) is 11.5 Å². The van der Waals surface area contributed by atoms with Crippen molar-refractivity contribution in [1.82, 2.24) is 0 Å². The van der Waals surface area contributed by atoms with Crippen molar-refractivity contribution >= 4 is 32.3 Å². The highest BCUT2D eigenvalue weighted by Gasteiger charge is 2.14. The molecule has 4 aromatic rings. The quantitative estimate of drug-likeness (QED) is 0.528. The molecule has 0 spiro atoms. The number of nitrogens with two attached hydrogens (primary N) is 2. The fourth-order valence-electron chi connectivity index (χ4n) is 4.00. The van der Waals surface area contributed by atoms with Gasteiger partial charge in [-0.2, -0.15) is 0 Å². The summed E-state index contributed by atoms with van der Waals surface area (Å²) in [5, 5.41) is 7.71. The van der Waals surface area contributed by atoms with Crippen LogP contribution < -0.4 is 11.5 Å². The zero-order chi connectivity index (χ0) is 16.8. The van der Waals surface area contributed by atoms with Gasteiger partial charge in [0.05, 0.1) is 0 Å². The van der Waals surface area contributed by atoms with E-state index in [2.05, 4.69) is 62.4 Å². The minimum Gasteiger partial charge on any atom is -0.326 e. The molecule has 0 amide bonds. The number of hydrogen-bond donors (Lipinski definition) is 2. The van der Waals surface area contributed by atoms with Crippen molar-refractivity contribution < 1.29 is 0 Å². The normalized spacial score (nSPS) is 11.7. The SMILES string of the molecule is Cc1cccc2c(CN)cc3cc(CN)c4cccc(C)c4c3c12. The fraction of sp³-hybridized carbons (Fsp3) is 0.182. The molecule has 0 aliphatic carbocycles. The Balaban J connectivity index is 2.40. The zero-order valence-corrected chi connectivity index (χ0v) is 14.2. The Morgan fingerprint density at radius 1 is 0.667 bits per heavy atom. The third kappa shape index (κ3) is 2.04. The van der Waals surface area contributed by atoms with E-state index in [1.807, 2.05) is 0 Å². The van der Waals surface area contributed by atoms with Crippen LogP contribution in [0.1, 0.15) is 22.3 Å². The van der Waals surface area contributed by atoms with Gasteiger partial charge in [0, 0.05) is 13.1 Å². The van der Waals surface area contributed by atoms with Crippen molar-refractivity contribution in [2.75, 3.05) is 0 Å². The molecule has 0 unspecified atom stereocenters. The van der Waals surface area contributed by atoms with Gasteiger partial charge in [-0.3, -0.25) is 0 Å². The second-order valence-corrected chi connectivity index (χ2v) is 6.57. The predicted molar refractivity (Wildman–Crippen MR) is 104 cm³/mol. The molecule has 2 nitrogen and oxygen atoms in total. The van der Waals surface area contributed by atoms with Crippen molar-refractivity contribution in [3.05, 3.63) is 70.8 Å². The average molecular weight is 314 g/mol. The molecule has 4 rings (SSSR count). The van der Waals surface area contributed by atoms with Gasteiger partial charge in [-0.1, -0.05) is 36.4 Å². The largest absolute Gasteiger partial charge is 0.326 e. The maximum absolute atomic E-state index is 6.05. The van der Waals surface area contributed by atoms with Crippen LogP contribution in [-0.4, -0.2) is 0 Å². The molecule has 0 saturated heterocycles. The summed E-state index contributed by atoms with van der Waals surface area (Å²) in [6.07, 6.45) is 0. The van der Waals surface area contributed by atoms with E-state index in [1.165, 1.54) is 54.6 Å². The summed E-state index contributed by atoms with van der Waals surface area (Å²) < 4.78 is 0. The second-order valence-electron chi connectivity index (χ2n) is 6.57. The van der Waals surface area contributed by atoms with Crippen LogP contribution in [0, 0.1) is 13.8 Å². The topological polar surface area (TPSA) is 52.0 Å². The van der Waals surface area contributed by atoms with Crippen molar-refractivity contribution in [1.29, 1.82) is 0 Å². The highest BCUT2D eigenvalue weighted by atomic mass is 14.5. The number of aryl methyl sites for hydroxylation is 2. The Bertz CT molecular complexity index is 1010. The lowest BCUT2D eigenvalue weighted by Crippen LogP contribution is -2.01. The molecule has 120 valence electrons. The smallest absolute Gasteiger partial charge is 0.0184 e. The van der Waals surface area contributed by atoms with Gasteiger partial charge in [0.25, 0.3) is 0 Å². The molecule has 4 aromatic carbocycles. The van der Waals surface area contributed by atoms with Crippen LogP contribution in [0.15, 0.2) is 48.5 Å². The van der Waals surface area contributed by atoms with Crippen molar-refractivity contribution in [3.8, 4) is 0 Å². The van der Waals surface area contributed by atoms with E-state index >= 15 is 0 Å². The molecule has 24 heavy (non-hydrogen) atoms. The molecular weight excluding hydrogens is 292 g/mol. The molecule has 0 bridgehead atoms. The molecule has 0 saturated carbocycles. The van der Waals surface area contributed by atoms with Crippen molar-refractivity contribution in [2.45, 2.75) is 26.9 Å². The Hall–Kier alpha value is -2.42. The van der Waals surface area contributed by atoms with Gasteiger partial charge in [-0.05, 0) is 80.6 Å². The van der Waals surface area contributed by atoms with Gasteiger partial charge in [0.15, 0.2) is 0 Å². The van der Waals surface area contributed by atoms with Crippen LogP contribution in [0.25, 0.3) is 32.3 Å². The molecule has 0 radical (unpaired) electrons. The number of benzene rings is 4. The first-order valence-corrected chi connectivity index (χ1v) is 8.42. The minimum absolute atomic E-state index is 0.541. The Morgan fingerprint density at radius 2 is 1.12 bits per heavy atom. The van der Waals surface area contributed by atoms with E-state index in [9.17, 15) is 0 Å². The van der Waals surface area contributed by atoms with Crippen molar-refractivity contribution in [3.63, 3.8) is 0 Å². The molecule has 0 atom stereocenters. The fourth-order valence-corrected chi connectivity index (χ4v) is 4.00. The second kappa shape index (κ2) is 5.59. The first-order chi connectivity index (χ1) is 11.7. The lowest BCUT2D eigenvalue weighted by atomic mass is 9.88. The Kier molecular flexibility index (Phi) is 3.52. The first kappa shape index (κ1) is 15.1. The lowest BCUT2D eigenvalue weighted by molar-refractivity contribution is 1.08. The van der Waals surface area contributed by atoms with Crippen LogP contribution in [0.3, 0.4) is 0 Å². The molecule has 0 fully saturated rings. The molecule has 0 heterocycles. The summed E-state index contributed by atoms with van der Waals surface area (Å²) in [5.41, 5.74) is 17.1. The monoisotopic (exact) mass is 314 g/mol. The molecule has 4 N–H and O–H groups in total. The van der Waals surface area contributed by atoms with Crippen LogP contribution in [0.2, 0.25) is 0 Å². The van der Waals surface area contributed by atoms with Gasteiger partial charge >= 0.3 is 0 Å². The lowest BCUT2D eigenvalue weighted by Gasteiger charge is -2.17. The van der Waals surface area contributed by atoms with Gasteiger partial charge in [0.1, 0.15) is 0 Å². The molecular formula is C22H22N2. The summed E-state index contributed by atoms with van der Waals surface area (Å²) in [4.78, 5) is 0. The summed E-state index contributed by atoms with van der Waals surface area (Å²) in [5.74, 6) is 0. The molecule has 2 heteroatoms. The average Bonchev–Trinajstić information content (AvgIpc) is 2.60. The molecule has 0 aliphatic heterocycles. The summed E-state index contributed by atoms with van der Waals surface area (Å²) in [6.45, 7) is 5.45. The molecule has 0 aromatic heterocycles. The van der Waals surface area contributed by atoms with Gasteiger partial charge in [0.2, 0.25) is 0 Å². The van der Waals surface area contributed by atoms with Gasteiger partial charge < -0.3 is 11.5 Å². The van der Waals surface area contributed by atoms with E-state index in [0.29, 0.717) is 13.1 Å². The van der Waals surface area contributed by atoms with Crippen LogP contribution in [-0.2, 0) is 13.1 Å². The number of hydrogen-bond acceptors (Lipinski definition) is 2. The highest BCUT2D eigenvalue weighted by Crippen LogP contribution is 2.38. The summed E-state index contributed by atoms with van der Waals surface area (Å²) in [7, 11) is 0. The first-order valence-electron chi connectivity index (χ1n) is 8.42. The summed E-state index contributed by atoms with van der Waals surface area (Å²) in [6, 6.07) is 17.4. The third-order valence-electron chi connectivity index (χ3n) is 5.13. The zero-order valence-electron chi connectivity index (χ0n) is 14.2. The number of fused-ring (bicyclic) bond motifs is 5. The van der Waals surface area contributed by atoms with Crippen molar-refractivity contribution in [2.24, 2.45) is 11.5 Å². The van der Waals surface area contributed by atoms with Crippen LogP contribution >= 0.6 is 0 Å². The predicted octanol–water partition coefficient (Wildman–Crippen LogP) is 4.68. The highest BCUT2D eigenvalue weighted by molar-refractivity contribution is 6.23. The third-order valence-corrected chi connectivity index (χ3v) is 5.13. The van der Waals surface area contributed by atoms with Gasteiger partial charge in [-0.15, -0.1) is 0 Å². The van der Waals surface area contributed by atoms with E-state index < -0.39 is 0 Å². The van der Waals surface area contributed by atoms with Crippen LogP contribution in [0.4, 0.5) is 0 Å². The van der Waals surface area contributed by atoms with Gasteiger partial charge in [-0.25, -0.2) is 0 Å². The van der Waals surface area contributed by atoms with Crippen LogP contribution in [0.5, 0.6) is 0 Å². The summed E-state index contributed by atoms with van der Waals surface area (Å²) >= 11 is 0. The van der Waals surface area contributed by atoms with E-state index in [0.717, 1.165) is 0 Å². The maximum atomic E-state index is 6.05. The minimum atomic E-state index is 0.541. The van der Waals surface area contributed by atoms with E-state index in [-0.39, 0.29) is 0 Å². The maximum Gasteiger partial charge on any atom is 0.0184 e. The number of rotatable bonds is 2. The Labute approximate surface area is 142 Å².